The van der Waals surface area contributed by atoms with Gasteiger partial charge in [-0.1, -0.05) is 16.8 Å². The predicted molar refractivity (Wildman–Crippen MR) is 58.6 cm³/mol. The van der Waals surface area contributed by atoms with Gasteiger partial charge < -0.3 is 4.84 Å². The van der Waals surface area contributed by atoms with Gasteiger partial charge in [0.25, 0.3) is 0 Å². The molecule has 0 fully saturated rings. The van der Waals surface area contributed by atoms with Gasteiger partial charge in [0.05, 0.1) is 5.56 Å². The Labute approximate surface area is 96.5 Å². The van der Waals surface area contributed by atoms with Gasteiger partial charge in [-0.25, -0.2) is 14.6 Å². The Balaban J connectivity index is 2.51. The van der Waals surface area contributed by atoms with E-state index in [4.69, 9.17) is 11.6 Å². The number of halogens is 1. The smallest absolute Gasteiger partial charge is 0.179 e. The summed E-state index contributed by atoms with van der Waals surface area (Å²) in [5, 5.41) is 7.83. The number of hydrogen-bond donors (Lipinski definition) is 0. The molecule has 0 unspecified atom stereocenters. The fourth-order valence-electron chi connectivity index (χ4n) is 1.19. The summed E-state index contributed by atoms with van der Waals surface area (Å²) in [6.07, 6.45) is 4.58. The Bertz CT molecular complexity index is 496. The van der Waals surface area contributed by atoms with Crippen molar-refractivity contribution in [3.8, 4) is 5.82 Å². The largest absolute Gasteiger partial charge is 0.398 e. The third-order valence-corrected chi connectivity index (χ3v) is 2.09. The van der Waals surface area contributed by atoms with Gasteiger partial charge in [-0.05, 0) is 12.1 Å². The number of aromatic nitrogens is 4. The summed E-state index contributed by atoms with van der Waals surface area (Å²) in [6, 6.07) is 3.53. The first kappa shape index (κ1) is 10.6. The maximum atomic E-state index is 5.95. The average Bonchev–Trinajstić information content (AvgIpc) is 2.83. The third kappa shape index (κ3) is 2.01. The van der Waals surface area contributed by atoms with Gasteiger partial charge in [-0.15, -0.1) is 0 Å². The van der Waals surface area contributed by atoms with Crippen LogP contribution in [-0.2, 0) is 4.84 Å². The van der Waals surface area contributed by atoms with Crippen LogP contribution in [0.4, 0.5) is 0 Å². The molecule has 16 heavy (non-hydrogen) atoms. The van der Waals surface area contributed by atoms with Crippen molar-refractivity contribution in [1.29, 1.82) is 0 Å². The fraction of sp³-hybridized carbons (Fsp3) is 0.111. The van der Waals surface area contributed by atoms with Crippen molar-refractivity contribution >= 4 is 16.8 Å². The molecule has 0 bridgehead atoms. The molecule has 0 aliphatic carbocycles. The molecule has 0 amide bonds. The molecule has 6 nitrogen and oxygen atoms in total. The molecule has 82 valence electrons. The second kappa shape index (κ2) is 4.71. The molecule has 0 saturated carbocycles. The first-order valence-corrected chi connectivity index (χ1v) is 4.77. The lowest BCUT2D eigenvalue weighted by Gasteiger charge is -2.04. The molecular weight excluding hydrogens is 230 g/mol. The van der Waals surface area contributed by atoms with Crippen LogP contribution in [0.5, 0.6) is 0 Å². The molecule has 0 saturated heterocycles. The van der Waals surface area contributed by atoms with Gasteiger partial charge in [0.15, 0.2) is 11.0 Å². The summed E-state index contributed by atoms with van der Waals surface area (Å²) >= 11 is 5.95. The van der Waals surface area contributed by atoms with Gasteiger partial charge >= 0.3 is 0 Å². The first-order valence-electron chi connectivity index (χ1n) is 4.40. The van der Waals surface area contributed by atoms with Crippen molar-refractivity contribution in [1.82, 2.24) is 19.7 Å². The van der Waals surface area contributed by atoms with Gasteiger partial charge in [-0.3, -0.25) is 0 Å². The van der Waals surface area contributed by atoms with E-state index in [-0.39, 0.29) is 5.17 Å². The molecular formula is C9H8ClN5O. The van der Waals surface area contributed by atoms with Crippen LogP contribution in [0, 0.1) is 0 Å². The highest BCUT2D eigenvalue weighted by Crippen LogP contribution is 2.13. The third-order valence-electron chi connectivity index (χ3n) is 1.82. The summed E-state index contributed by atoms with van der Waals surface area (Å²) in [4.78, 5) is 12.6. The van der Waals surface area contributed by atoms with Crippen LogP contribution in [-0.4, -0.2) is 32.0 Å². The topological polar surface area (TPSA) is 65.2 Å². The molecule has 0 aliphatic rings. The lowest BCUT2D eigenvalue weighted by Crippen LogP contribution is -2.05. The Morgan fingerprint density at radius 3 is 3.12 bits per heavy atom. The van der Waals surface area contributed by atoms with Crippen LogP contribution in [0.3, 0.4) is 0 Å². The van der Waals surface area contributed by atoms with E-state index in [1.165, 1.54) is 24.4 Å². The highest BCUT2D eigenvalue weighted by molar-refractivity contribution is 6.69. The van der Waals surface area contributed by atoms with E-state index < -0.39 is 0 Å². The number of oxime groups is 1. The van der Waals surface area contributed by atoms with Crippen molar-refractivity contribution < 1.29 is 4.84 Å². The second-order valence-corrected chi connectivity index (χ2v) is 3.14. The molecule has 0 radical (unpaired) electrons. The van der Waals surface area contributed by atoms with Crippen LogP contribution >= 0.6 is 11.6 Å². The monoisotopic (exact) mass is 237 g/mol. The van der Waals surface area contributed by atoms with Crippen LogP contribution in [0.15, 0.2) is 36.1 Å². The molecule has 2 aromatic rings. The van der Waals surface area contributed by atoms with Gasteiger partial charge in [0.1, 0.15) is 19.8 Å². The van der Waals surface area contributed by atoms with E-state index in [1.807, 2.05) is 0 Å². The van der Waals surface area contributed by atoms with Crippen LogP contribution < -0.4 is 0 Å². The molecule has 0 atom stereocenters. The Kier molecular flexibility index (Phi) is 3.11. The summed E-state index contributed by atoms with van der Waals surface area (Å²) < 4.78 is 1.50. The quantitative estimate of drug-likeness (QED) is 0.595. The summed E-state index contributed by atoms with van der Waals surface area (Å²) in [7, 11) is 1.42. The molecule has 0 spiro atoms. The van der Waals surface area contributed by atoms with Crippen LogP contribution in [0.2, 0.25) is 0 Å². The van der Waals surface area contributed by atoms with Crippen LogP contribution in [0.1, 0.15) is 5.56 Å². The first-order chi connectivity index (χ1) is 7.83. The molecule has 2 rings (SSSR count). The van der Waals surface area contributed by atoms with Gasteiger partial charge in [-0.2, -0.15) is 5.10 Å². The fourth-order valence-corrected chi connectivity index (χ4v) is 1.40. The lowest BCUT2D eigenvalue weighted by atomic mass is 10.3. The minimum atomic E-state index is 0.209. The Morgan fingerprint density at radius 1 is 1.56 bits per heavy atom. The highest BCUT2D eigenvalue weighted by atomic mass is 35.5. The van der Waals surface area contributed by atoms with Gasteiger partial charge in [0, 0.05) is 6.20 Å². The second-order valence-electron chi connectivity index (χ2n) is 2.78. The number of pyridine rings is 1. The van der Waals surface area contributed by atoms with E-state index in [2.05, 4.69) is 25.1 Å². The molecule has 0 N–H and O–H groups in total. The predicted octanol–water partition coefficient (Wildman–Crippen LogP) is 1.21. The number of nitrogens with zero attached hydrogens (tertiary/aromatic N) is 5. The maximum absolute atomic E-state index is 5.95. The van der Waals surface area contributed by atoms with Crippen molar-refractivity contribution in [3.05, 3.63) is 36.5 Å². The van der Waals surface area contributed by atoms with Crippen molar-refractivity contribution in [2.75, 3.05) is 7.11 Å². The van der Waals surface area contributed by atoms with E-state index in [0.717, 1.165) is 0 Å². The highest BCUT2D eigenvalue weighted by Gasteiger charge is 2.10. The molecule has 2 heterocycles. The average molecular weight is 238 g/mol. The van der Waals surface area contributed by atoms with E-state index in [9.17, 15) is 0 Å². The number of hydrogen-bond acceptors (Lipinski definition) is 5. The van der Waals surface area contributed by atoms with E-state index in [0.29, 0.717) is 11.4 Å². The summed E-state index contributed by atoms with van der Waals surface area (Å²) in [5.74, 6) is 0.547. The Hall–Kier alpha value is -1.95. The maximum Gasteiger partial charge on any atom is 0.179 e. The standard InChI is InChI=1S/C9H8ClN5O/c1-16-14-8(10)7-3-2-4-12-9(7)15-6-11-5-13-15/h2-6H,1H3/b14-8-. The number of rotatable bonds is 3. The summed E-state index contributed by atoms with van der Waals surface area (Å²) in [5.41, 5.74) is 0.622. The minimum absolute atomic E-state index is 0.209. The SMILES string of the molecule is CO/N=C(\Cl)c1cccnc1-n1cncn1. The zero-order valence-corrected chi connectivity index (χ0v) is 9.16. The van der Waals surface area contributed by atoms with Crippen molar-refractivity contribution in [3.63, 3.8) is 0 Å². The molecule has 0 aromatic carbocycles. The normalized spacial score (nSPS) is 11.5. The molecule has 0 aliphatic heterocycles. The minimum Gasteiger partial charge on any atom is -0.398 e. The van der Waals surface area contributed by atoms with E-state index in [1.54, 1.807) is 18.3 Å². The summed E-state index contributed by atoms with van der Waals surface area (Å²) in [6.45, 7) is 0. The van der Waals surface area contributed by atoms with Crippen LogP contribution in [0.25, 0.3) is 5.82 Å². The lowest BCUT2D eigenvalue weighted by molar-refractivity contribution is 0.214. The molecule has 7 heteroatoms. The zero-order chi connectivity index (χ0) is 11.4. The zero-order valence-electron chi connectivity index (χ0n) is 8.41. The Morgan fingerprint density at radius 2 is 2.44 bits per heavy atom. The van der Waals surface area contributed by atoms with Gasteiger partial charge in [0.2, 0.25) is 0 Å². The van der Waals surface area contributed by atoms with E-state index >= 15 is 0 Å². The molecule has 2 aromatic heterocycles. The van der Waals surface area contributed by atoms with Crippen molar-refractivity contribution in [2.45, 2.75) is 0 Å². The van der Waals surface area contributed by atoms with Crippen molar-refractivity contribution in [2.24, 2.45) is 5.16 Å².